The minimum atomic E-state index is 0.263. The summed E-state index contributed by atoms with van der Waals surface area (Å²) >= 11 is 0. The van der Waals surface area contributed by atoms with Crippen molar-refractivity contribution in [3.05, 3.63) is 23.9 Å². The van der Waals surface area contributed by atoms with Gasteiger partial charge in [0.25, 0.3) is 0 Å². The number of nitriles is 1. The number of aromatic nitrogens is 1. The van der Waals surface area contributed by atoms with Gasteiger partial charge in [0.2, 0.25) is 0 Å². The van der Waals surface area contributed by atoms with Crippen molar-refractivity contribution in [2.45, 2.75) is 19.3 Å². The zero-order valence-electron chi connectivity index (χ0n) is 9.56. The van der Waals surface area contributed by atoms with E-state index in [1.54, 1.807) is 12.3 Å². The van der Waals surface area contributed by atoms with E-state index in [9.17, 15) is 0 Å². The third-order valence-electron chi connectivity index (χ3n) is 2.42. The normalized spacial score (nSPS) is 9.81. The van der Waals surface area contributed by atoms with Crippen LogP contribution < -0.4 is 4.90 Å². The first-order chi connectivity index (χ1) is 7.77. The summed E-state index contributed by atoms with van der Waals surface area (Å²) in [6, 6.07) is 5.67. The number of hydrogen-bond acceptors (Lipinski definition) is 4. The monoisotopic (exact) mass is 219 g/mol. The van der Waals surface area contributed by atoms with Gasteiger partial charge in [-0.2, -0.15) is 5.26 Å². The van der Waals surface area contributed by atoms with Crippen LogP contribution in [-0.4, -0.2) is 30.3 Å². The summed E-state index contributed by atoms with van der Waals surface area (Å²) in [5, 5.41) is 17.3. The molecule has 0 aromatic carbocycles. The Morgan fingerprint density at radius 2 is 2.19 bits per heavy atom. The number of aliphatic hydroxyl groups is 1. The standard InChI is InChI=1S/C12H17N3O/c1-15(7-3-2-4-8-16)12-6-5-11(9-13)10-14-12/h5-6,10,16H,2-4,7-8H2,1H3. The number of aliphatic hydroxyl groups excluding tert-OH is 1. The van der Waals surface area contributed by atoms with Crippen LogP contribution in [0.4, 0.5) is 5.82 Å². The molecule has 1 rings (SSSR count). The molecule has 0 fully saturated rings. The van der Waals surface area contributed by atoms with Crippen LogP contribution >= 0.6 is 0 Å². The molecule has 0 spiro atoms. The zero-order valence-corrected chi connectivity index (χ0v) is 9.56. The Morgan fingerprint density at radius 3 is 2.75 bits per heavy atom. The van der Waals surface area contributed by atoms with Gasteiger partial charge in [-0.05, 0) is 31.4 Å². The first-order valence-corrected chi connectivity index (χ1v) is 5.46. The molecule has 0 atom stereocenters. The lowest BCUT2D eigenvalue weighted by molar-refractivity contribution is 0.283. The Kier molecular flexibility index (Phi) is 5.30. The first-order valence-electron chi connectivity index (χ1n) is 5.46. The van der Waals surface area contributed by atoms with E-state index in [4.69, 9.17) is 10.4 Å². The Bertz CT molecular complexity index is 342. The van der Waals surface area contributed by atoms with Crippen LogP contribution in [0.2, 0.25) is 0 Å². The van der Waals surface area contributed by atoms with Crippen molar-refractivity contribution >= 4 is 5.82 Å². The van der Waals surface area contributed by atoms with E-state index >= 15 is 0 Å². The number of pyridine rings is 1. The van der Waals surface area contributed by atoms with Gasteiger partial charge >= 0.3 is 0 Å². The van der Waals surface area contributed by atoms with Crippen LogP contribution in [0.1, 0.15) is 24.8 Å². The summed E-state index contributed by atoms with van der Waals surface area (Å²) in [7, 11) is 1.98. The molecule has 0 bridgehead atoms. The maximum absolute atomic E-state index is 8.65. The number of anilines is 1. The van der Waals surface area contributed by atoms with E-state index in [0.717, 1.165) is 31.6 Å². The molecule has 1 aromatic rings. The van der Waals surface area contributed by atoms with Crippen LogP contribution in [-0.2, 0) is 0 Å². The largest absolute Gasteiger partial charge is 0.396 e. The second kappa shape index (κ2) is 6.81. The number of nitrogens with zero attached hydrogens (tertiary/aromatic N) is 3. The van der Waals surface area contributed by atoms with Crippen LogP contribution in [0.25, 0.3) is 0 Å². The molecule has 1 aromatic heterocycles. The fourth-order valence-corrected chi connectivity index (χ4v) is 1.43. The van der Waals surface area contributed by atoms with Gasteiger partial charge in [0.05, 0.1) is 5.56 Å². The zero-order chi connectivity index (χ0) is 11.8. The van der Waals surface area contributed by atoms with Crippen LogP contribution in [0.15, 0.2) is 18.3 Å². The van der Waals surface area contributed by atoms with Gasteiger partial charge in [0, 0.05) is 26.4 Å². The molecule has 0 aliphatic carbocycles. The van der Waals surface area contributed by atoms with E-state index in [1.165, 1.54) is 0 Å². The van der Waals surface area contributed by atoms with E-state index in [1.807, 2.05) is 19.2 Å². The van der Waals surface area contributed by atoms with Gasteiger partial charge in [-0.25, -0.2) is 4.98 Å². The van der Waals surface area contributed by atoms with E-state index in [0.29, 0.717) is 5.56 Å². The molecule has 1 heterocycles. The van der Waals surface area contributed by atoms with Crippen molar-refractivity contribution in [2.24, 2.45) is 0 Å². The first kappa shape index (κ1) is 12.5. The van der Waals surface area contributed by atoms with Crippen molar-refractivity contribution in [3.63, 3.8) is 0 Å². The Labute approximate surface area is 96.2 Å². The highest BCUT2D eigenvalue weighted by Gasteiger charge is 2.01. The van der Waals surface area contributed by atoms with Crippen molar-refractivity contribution < 1.29 is 5.11 Å². The quantitative estimate of drug-likeness (QED) is 0.737. The molecule has 0 saturated heterocycles. The van der Waals surface area contributed by atoms with Crippen LogP contribution in [0, 0.1) is 11.3 Å². The summed E-state index contributed by atoms with van der Waals surface area (Å²) in [6.07, 6.45) is 4.50. The summed E-state index contributed by atoms with van der Waals surface area (Å²) in [5.41, 5.74) is 0.581. The van der Waals surface area contributed by atoms with Gasteiger partial charge in [0.1, 0.15) is 11.9 Å². The summed E-state index contributed by atoms with van der Waals surface area (Å²) in [6.45, 7) is 1.18. The van der Waals surface area contributed by atoms with Gasteiger partial charge in [-0.15, -0.1) is 0 Å². The van der Waals surface area contributed by atoms with Crippen LogP contribution in [0.5, 0.6) is 0 Å². The van der Waals surface area contributed by atoms with Gasteiger partial charge in [0.15, 0.2) is 0 Å². The molecule has 1 N–H and O–H groups in total. The topological polar surface area (TPSA) is 60.1 Å². The third kappa shape index (κ3) is 3.87. The fraction of sp³-hybridized carbons (Fsp3) is 0.500. The SMILES string of the molecule is CN(CCCCCO)c1ccc(C#N)cn1. The molecule has 0 aliphatic rings. The van der Waals surface area contributed by atoms with Crippen molar-refractivity contribution in [2.75, 3.05) is 25.1 Å². The predicted octanol–water partition coefficient (Wildman–Crippen LogP) is 1.55. The van der Waals surface area contributed by atoms with Crippen molar-refractivity contribution in [1.82, 2.24) is 4.98 Å². The Morgan fingerprint density at radius 1 is 1.38 bits per heavy atom. The second-order valence-electron chi connectivity index (χ2n) is 3.72. The van der Waals surface area contributed by atoms with E-state index in [-0.39, 0.29) is 6.61 Å². The minimum Gasteiger partial charge on any atom is -0.396 e. The minimum absolute atomic E-state index is 0.263. The van der Waals surface area contributed by atoms with E-state index in [2.05, 4.69) is 9.88 Å². The van der Waals surface area contributed by atoms with Crippen molar-refractivity contribution in [1.29, 1.82) is 5.26 Å². The number of unbranched alkanes of at least 4 members (excludes halogenated alkanes) is 2. The lowest BCUT2D eigenvalue weighted by Crippen LogP contribution is -2.19. The second-order valence-corrected chi connectivity index (χ2v) is 3.72. The summed E-state index contributed by atoms with van der Waals surface area (Å²) < 4.78 is 0. The molecule has 0 radical (unpaired) electrons. The predicted molar refractivity (Wildman–Crippen MR) is 63.2 cm³/mol. The summed E-state index contributed by atoms with van der Waals surface area (Å²) in [5.74, 6) is 0.878. The molecule has 0 saturated carbocycles. The molecule has 86 valence electrons. The molecule has 4 nitrogen and oxygen atoms in total. The smallest absolute Gasteiger partial charge is 0.128 e. The van der Waals surface area contributed by atoms with Gasteiger partial charge in [-0.1, -0.05) is 0 Å². The molecule has 0 unspecified atom stereocenters. The number of rotatable bonds is 6. The molecular formula is C12H17N3O. The molecular weight excluding hydrogens is 202 g/mol. The lowest BCUT2D eigenvalue weighted by atomic mass is 10.2. The molecule has 4 heteroatoms. The highest BCUT2D eigenvalue weighted by atomic mass is 16.2. The molecule has 0 amide bonds. The Balaban J connectivity index is 2.40. The van der Waals surface area contributed by atoms with Crippen molar-refractivity contribution in [3.8, 4) is 6.07 Å². The average Bonchev–Trinajstić information content (AvgIpc) is 2.34. The van der Waals surface area contributed by atoms with Gasteiger partial charge in [-0.3, -0.25) is 0 Å². The van der Waals surface area contributed by atoms with Crippen LogP contribution in [0.3, 0.4) is 0 Å². The highest BCUT2D eigenvalue weighted by Crippen LogP contribution is 2.10. The number of hydrogen-bond donors (Lipinski definition) is 1. The molecule has 16 heavy (non-hydrogen) atoms. The maximum Gasteiger partial charge on any atom is 0.128 e. The molecule has 0 aliphatic heterocycles. The Hall–Kier alpha value is -1.60. The van der Waals surface area contributed by atoms with E-state index < -0.39 is 0 Å². The highest BCUT2D eigenvalue weighted by molar-refractivity contribution is 5.40. The van der Waals surface area contributed by atoms with Gasteiger partial charge < -0.3 is 10.0 Å². The summed E-state index contributed by atoms with van der Waals surface area (Å²) in [4.78, 5) is 6.26. The maximum atomic E-state index is 8.65. The fourth-order valence-electron chi connectivity index (χ4n) is 1.43. The third-order valence-corrected chi connectivity index (χ3v) is 2.42. The lowest BCUT2D eigenvalue weighted by Gasteiger charge is -2.17. The average molecular weight is 219 g/mol.